The monoisotopic (exact) mass is 296 g/mol. The number of carbonyl (C=O) groups is 1. The van der Waals surface area contributed by atoms with E-state index in [1.54, 1.807) is 6.92 Å². The molecule has 3 rings (SSSR count). The van der Waals surface area contributed by atoms with Crippen molar-refractivity contribution in [3.63, 3.8) is 0 Å². The van der Waals surface area contributed by atoms with Crippen LogP contribution in [0.2, 0.25) is 0 Å². The number of benzene rings is 2. The molecule has 1 atom stereocenters. The largest absolute Gasteiger partial charge is 0.354 e. The van der Waals surface area contributed by atoms with E-state index in [1.807, 2.05) is 0 Å². The van der Waals surface area contributed by atoms with Gasteiger partial charge >= 0.3 is 0 Å². The number of nitrogens with zero attached hydrogens (tertiary/aromatic N) is 1. The number of carbonyl (C=O) groups excluding carboxylic acids is 1. The summed E-state index contributed by atoms with van der Waals surface area (Å²) < 4.78 is 0. The van der Waals surface area contributed by atoms with Gasteiger partial charge in [0, 0.05) is 32.1 Å². The van der Waals surface area contributed by atoms with Gasteiger partial charge in [-0.15, -0.1) is 0 Å². The summed E-state index contributed by atoms with van der Waals surface area (Å²) in [6.07, 6.45) is 2.07. The lowest BCUT2D eigenvalue weighted by Gasteiger charge is -2.36. The lowest BCUT2D eigenvalue weighted by Crippen LogP contribution is -2.44. The maximum atomic E-state index is 11.2. The van der Waals surface area contributed by atoms with Gasteiger partial charge in [-0.2, -0.15) is 0 Å². The molecule has 0 unspecified atom stereocenters. The molecule has 1 fully saturated rings. The average Bonchev–Trinajstić information content (AvgIpc) is 2.54. The number of rotatable bonds is 3. The summed E-state index contributed by atoms with van der Waals surface area (Å²) in [6.45, 7) is 5.97. The highest BCUT2D eigenvalue weighted by Crippen LogP contribution is 2.29. The van der Waals surface area contributed by atoms with Crippen molar-refractivity contribution < 1.29 is 4.79 Å². The van der Waals surface area contributed by atoms with E-state index in [4.69, 9.17) is 0 Å². The minimum atomic E-state index is 0.0838. The molecule has 1 amide bonds. The van der Waals surface area contributed by atoms with Crippen molar-refractivity contribution in [2.75, 3.05) is 13.1 Å². The van der Waals surface area contributed by atoms with Gasteiger partial charge in [-0.05, 0) is 36.1 Å². The van der Waals surface area contributed by atoms with E-state index in [-0.39, 0.29) is 5.91 Å². The Hall–Kier alpha value is -1.87. The molecule has 0 saturated carbocycles. The van der Waals surface area contributed by atoms with Gasteiger partial charge in [0.1, 0.15) is 0 Å². The fraction of sp³-hybridized carbons (Fsp3) is 0.421. The third-order valence-corrected chi connectivity index (χ3v) is 4.76. The van der Waals surface area contributed by atoms with Crippen LogP contribution in [-0.4, -0.2) is 29.9 Å². The molecule has 3 heteroatoms. The van der Waals surface area contributed by atoms with Gasteiger partial charge in [0.05, 0.1) is 0 Å². The van der Waals surface area contributed by atoms with Crippen LogP contribution in [-0.2, 0) is 4.79 Å². The Morgan fingerprint density at radius 3 is 2.55 bits per heavy atom. The molecule has 0 bridgehead atoms. The van der Waals surface area contributed by atoms with Crippen molar-refractivity contribution >= 4 is 16.7 Å². The molecule has 0 radical (unpaired) electrons. The van der Waals surface area contributed by atoms with Crippen molar-refractivity contribution in [2.24, 2.45) is 0 Å². The molecular weight excluding hydrogens is 272 g/mol. The Labute approximate surface area is 132 Å². The number of hydrogen-bond acceptors (Lipinski definition) is 2. The number of fused-ring (bicyclic) bond motifs is 1. The summed E-state index contributed by atoms with van der Waals surface area (Å²) in [5.74, 6) is 0.0838. The molecule has 0 spiro atoms. The molecule has 0 aliphatic carbocycles. The molecule has 1 N–H and O–H groups in total. The van der Waals surface area contributed by atoms with Crippen LogP contribution in [0.5, 0.6) is 0 Å². The number of hydrogen-bond donors (Lipinski definition) is 1. The highest BCUT2D eigenvalue weighted by molar-refractivity contribution is 5.86. The highest BCUT2D eigenvalue weighted by atomic mass is 16.1. The zero-order valence-corrected chi connectivity index (χ0v) is 13.4. The van der Waals surface area contributed by atoms with Crippen LogP contribution in [0.1, 0.15) is 38.3 Å². The Bertz CT molecular complexity index is 654. The summed E-state index contributed by atoms with van der Waals surface area (Å²) in [5.41, 5.74) is 1.40. The molecular formula is C19H24N2O. The van der Waals surface area contributed by atoms with Crippen LogP contribution >= 0.6 is 0 Å². The molecule has 22 heavy (non-hydrogen) atoms. The number of amides is 1. The lowest BCUT2D eigenvalue weighted by atomic mass is 9.96. The van der Waals surface area contributed by atoms with Gasteiger partial charge < -0.3 is 5.32 Å². The molecule has 1 aliphatic rings. The summed E-state index contributed by atoms with van der Waals surface area (Å²) >= 11 is 0. The Morgan fingerprint density at radius 1 is 1.14 bits per heavy atom. The smallest absolute Gasteiger partial charge is 0.217 e. The number of nitrogens with one attached hydrogen (secondary N) is 1. The van der Waals surface area contributed by atoms with E-state index in [0.29, 0.717) is 12.1 Å². The first-order valence-corrected chi connectivity index (χ1v) is 8.14. The second-order valence-electron chi connectivity index (χ2n) is 6.26. The Balaban J connectivity index is 1.74. The second-order valence-corrected chi connectivity index (χ2v) is 6.26. The topological polar surface area (TPSA) is 32.3 Å². The molecule has 1 aliphatic heterocycles. The normalized spacial score (nSPS) is 18.3. The van der Waals surface area contributed by atoms with Crippen LogP contribution in [0.3, 0.4) is 0 Å². The summed E-state index contributed by atoms with van der Waals surface area (Å²) in [5, 5.41) is 5.70. The fourth-order valence-electron chi connectivity index (χ4n) is 3.53. The van der Waals surface area contributed by atoms with Gasteiger partial charge in [-0.1, -0.05) is 42.5 Å². The lowest BCUT2D eigenvalue weighted by molar-refractivity contribution is -0.120. The first-order valence-electron chi connectivity index (χ1n) is 8.14. The van der Waals surface area contributed by atoms with Crippen molar-refractivity contribution in [2.45, 2.75) is 38.8 Å². The SMILES string of the molecule is CC(=O)NC1CCN([C@H](C)c2cccc3ccccc23)CC1. The van der Waals surface area contributed by atoms with Gasteiger partial charge in [-0.3, -0.25) is 9.69 Å². The molecule has 0 aromatic heterocycles. The highest BCUT2D eigenvalue weighted by Gasteiger charge is 2.24. The molecule has 1 heterocycles. The van der Waals surface area contributed by atoms with Crippen LogP contribution in [0.4, 0.5) is 0 Å². The van der Waals surface area contributed by atoms with Gasteiger partial charge in [-0.25, -0.2) is 0 Å². The zero-order chi connectivity index (χ0) is 15.5. The van der Waals surface area contributed by atoms with Crippen LogP contribution < -0.4 is 5.32 Å². The first kappa shape index (κ1) is 15.0. The maximum absolute atomic E-state index is 11.2. The molecule has 116 valence electrons. The van der Waals surface area contributed by atoms with Crippen LogP contribution in [0.25, 0.3) is 10.8 Å². The standard InChI is InChI=1S/C19H24N2O/c1-14(21-12-10-17(11-13-21)20-15(2)22)18-9-5-7-16-6-3-4-8-19(16)18/h3-9,14,17H,10-13H2,1-2H3,(H,20,22)/t14-/m1/s1. The Kier molecular flexibility index (Phi) is 4.44. The Morgan fingerprint density at radius 2 is 1.82 bits per heavy atom. The molecule has 2 aromatic rings. The molecule has 1 saturated heterocycles. The van der Waals surface area contributed by atoms with Crippen LogP contribution in [0, 0.1) is 0 Å². The van der Waals surface area contributed by atoms with Crippen molar-refractivity contribution in [1.29, 1.82) is 0 Å². The fourth-order valence-corrected chi connectivity index (χ4v) is 3.53. The van der Waals surface area contributed by atoms with Gasteiger partial charge in [0.25, 0.3) is 0 Å². The second kappa shape index (κ2) is 6.49. The van der Waals surface area contributed by atoms with E-state index in [2.05, 4.69) is 59.6 Å². The third kappa shape index (κ3) is 3.14. The van der Waals surface area contributed by atoms with Crippen LogP contribution in [0.15, 0.2) is 42.5 Å². The maximum Gasteiger partial charge on any atom is 0.217 e. The molecule has 2 aromatic carbocycles. The predicted octanol–water partition coefficient (Wildman–Crippen LogP) is 3.50. The van der Waals surface area contributed by atoms with E-state index >= 15 is 0 Å². The minimum absolute atomic E-state index is 0.0838. The van der Waals surface area contributed by atoms with Crippen molar-refractivity contribution in [3.8, 4) is 0 Å². The molecule has 3 nitrogen and oxygen atoms in total. The average molecular weight is 296 g/mol. The number of piperidine rings is 1. The first-order chi connectivity index (χ1) is 10.6. The third-order valence-electron chi connectivity index (χ3n) is 4.76. The van der Waals surface area contributed by atoms with Gasteiger partial charge in [0.15, 0.2) is 0 Å². The van der Waals surface area contributed by atoms with E-state index in [0.717, 1.165) is 25.9 Å². The summed E-state index contributed by atoms with van der Waals surface area (Å²) in [4.78, 5) is 13.7. The minimum Gasteiger partial charge on any atom is -0.354 e. The quantitative estimate of drug-likeness (QED) is 0.940. The van der Waals surface area contributed by atoms with E-state index < -0.39 is 0 Å². The number of likely N-dealkylation sites (tertiary alicyclic amines) is 1. The van der Waals surface area contributed by atoms with Crippen molar-refractivity contribution in [3.05, 3.63) is 48.0 Å². The zero-order valence-electron chi connectivity index (χ0n) is 13.4. The summed E-state index contributed by atoms with van der Waals surface area (Å²) in [7, 11) is 0. The summed E-state index contributed by atoms with van der Waals surface area (Å²) in [6, 6.07) is 15.9. The van der Waals surface area contributed by atoms with Crippen molar-refractivity contribution in [1.82, 2.24) is 10.2 Å². The van der Waals surface area contributed by atoms with E-state index in [9.17, 15) is 4.79 Å². The van der Waals surface area contributed by atoms with Gasteiger partial charge in [0.2, 0.25) is 5.91 Å². The van der Waals surface area contributed by atoms with E-state index in [1.165, 1.54) is 16.3 Å². The predicted molar refractivity (Wildman–Crippen MR) is 90.8 cm³/mol.